The van der Waals surface area contributed by atoms with Gasteiger partial charge < -0.3 is 14.5 Å². The SMILES string of the molecule is CC(=O)OCC(=O)Nc1c(C(=O)C(C)(C)C)oc2nc(-c3ccccc3Cl)c(-c3ccc(Cl)cc3)cc12. The minimum absolute atomic E-state index is 0.0514. The van der Waals surface area contributed by atoms with E-state index >= 15 is 0 Å². The van der Waals surface area contributed by atoms with Crippen LogP contribution >= 0.6 is 23.2 Å². The molecule has 1 amide bonds. The van der Waals surface area contributed by atoms with Gasteiger partial charge in [-0.2, -0.15) is 0 Å². The number of ether oxygens (including phenoxy) is 1. The quantitative estimate of drug-likeness (QED) is 0.206. The van der Waals surface area contributed by atoms with Crippen molar-refractivity contribution in [3.8, 4) is 22.4 Å². The molecule has 0 saturated carbocycles. The maximum absolute atomic E-state index is 13.3. The number of rotatable bonds is 6. The third kappa shape index (κ3) is 5.68. The normalized spacial score (nSPS) is 11.4. The summed E-state index contributed by atoms with van der Waals surface area (Å²) in [5.74, 6) is -1.61. The van der Waals surface area contributed by atoms with Crippen LogP contribution in [0.5, 0.6) is 0 Å². The van der Waals surface area contributed by atoms with Crippen molar-refractivity contribution >= 4 is 57.6 Å². The average Bonchev–Trinajstić information content (AvgIpc) is 3.18. The first kappa shape index (κ1) is 26.4. The van der Waals surface area contributed by atoms with Gasteiger partial charge in [0.1, 0.15) is 5.69 Å². The lowest BCUT2D eigenvalue weighted by Gasteiger charge is -2.15. The van der Waals surface area contributed by atoms with Gasteiger partial charge in [0, 0.05) is 33.5 Å². The Labute approximate surface area is 223 Å². The second-order valence-electron chi connectivity index (χ2n) is 9.44. The van der Waals surface area contributed by atoms with E-state index in [1.807, 2.05) is 30.3 Å². The van der Waals surface area contributed by atoms with E-state index in [1.165, 1.54) is 6.92 Å². The van der Waals surface area contributed by atoms with Crippen molar-refractivity contribution in [2.24, 2.45) is 5.41 Å². The minimum Gasteiger partial charge on any atom is -0.456 e. The number of aromatic nitrogens is 1. The summed E-state index contributed by atoms with van der Waals surface area (Å²) in [5, 5.41) is 4.14. The van der Waals surface area contributed by atoms with Crippen LogP contribution in [0.15, 0.2) is 59.0 Å². The summed E-state index contributed by atoms with van der Waals surface area (Å²) in [7, 11) is 0. The fourth-order valence-electron chi connectivity index (χ4n) is 3.70. The molecule has 0 unspecified atom stereocenters. The molecule has 0 aliphatic heterocycles. The number of carbonyl (C=O) groups excluding carboxylic acids is 3. The fraction of sp³-hybridized carbons (Fsp3) is 0.214. The number of hydrogen-bond donors (Lipinski definition) is 1. The van der Waals surface area contributed by atoms with Gasteiger partial charge in [-0.3, -0.25) is 14.4 Å². The smallest absolute Gasteiger partial charge is 0.303 e. The number of fused-ring (bicyclic) bond motifs is 1. The van der Waals surface area contributed by atoms with Gasteiger partial charge in [-0.1, -0.05) is 74.3 Å². The van der Waals surface area contributed by atoms with Crippen LogP contribution in [-0.4, -0.2) is 29.3 Å². The summed E-state index contributed by atoms with van der Waals surface area (Å²) >= 11 is 12.6. The lowest BCUT2D eigenvalue weighted by atomic mass is 9.88. The molecule has 1 N–H and O–H groups in total. The number of halogens is 2. The Bertz CT molecular complexity index is 1520. The molecule has 0 aliphatic rings. The van der Waals surface area contributed by atoms with Gasteiger partial charge in [-0.05, 0) is 29.8 Å². The maximum Gasteiger partial charge on any atom is 0.303 e. The van der Waals surface area contributed by atoms with E-state index in [4.69, 9.17) is 37.3 Å². The molecule has 2 aromatic heterocycles. The van der Waals surface area contributed by atoms with Crippen LogP contribution in [0.1, 0.15) is 38.2 Å². The third-order valence-corrected chi connectivity index (χ3v) is 6.11. The fourth-order valence-corrected chi connectivity index (χ4v) is 4.05. The highest BCUT2D eigenvalue weighted by atomic mass is 35.5. The van der Waals surface area contributed by atoms with E-state index < -0.39 is 23.9 Å². The number of esters is 1. The summed E-state index contributed by atoms with van der Waals surface area (Å²) in [5.41, 5.74) is 2.15. The summed E-state index contributed by atoms with van der Waals surface area (Å²) in [6.45, 7) is 5.92. The molecule has 9 heteroatoms. The van der Waals surface area contributed by atoms with Crippen molar-refractivity contribution < 1.29 is 23.5 Å². The van der Waals surface area contributed by atoms with Crippen LogP contribution in [0.25, 0.3) is 33.5 Å². The monoisotopic (exact) mass is 538 g/mol. The van der Waals surface area contributed by atoms with Gasteiger partial charge in [0.2, 0.25) is 11.5 Å². The Morgan fingerprint density at radius 1 is 1.00 bits per heavy atom. The van der Waals surface area contributed by atoms with Crippen molar-refractivity contribution in [2.75, 3.05) is 11.9 Å². The molecule has 190 valence electrons. The molecule has 2 heterocycles. The van der Waals surface area contributed by atoms with E-state index in [0.29, 0.717) is 32.3 Å². The molecule has 0 fully saturated rings. The number of Topliss-reactive ketones (excluding diaryl/α,β-unsaturated/α-hetero) is 1. The number of nitrogens with one attached hydrogen (secondary N) is 1. The first-order chi connectivity index (χ1) is 17.5. The highest BCUT2D eigenvalue weighted by Gasteiger charge is 2.32. The Hall–Kier alpha value is -3.68. The topological polar surface area (TPSA) is 98.5 Å². The zero-order valence-electron chi connectivity index (χ0n) is 20.6. The predicted octanol–water partition coefficient (Wildman–Crippen LogP) is 7.20. The highest BCUT2D eigenvalue weighted by molar-refractivity contribution is 6.33. The molecule has 0 atom stereocenters. The minimum atomic E-state index is -0.812. The van der Waals surface area contributed by atoms with Crippen LogP contribution in [0.2, 0.25) is 10.0 Å². The van der Waals surface area contributed by atoms with E-state index in [2.05, 4.69) is 5.32 Å². The first-order valence-corrected chi connectivity index (χ1v) is 12.2. The molecule has 0 aliphatic carbocycles. The largest absolute Gasteiger partial charge is 0.456 e. The maximum atomic E-state index is 13.3. The molecular formula is C28H24Cl2N2O5. The van der Waals surface area contributed by atoms with Crippen molar-refractivity contribution in [3.63, 3.8) is 0 Å². The van der Waals surface area contributed by atoms with Crippen LogP contribution in [0.4, 0.5) is 5.69 Å². The van der Waals surface area contributed by atoms with Crippen molar-refractivity contribution in [2.45, 2.75) is 27.7 Å². The molecular weight excluding hydrogens is 515 g/mol. The number of amides is 1. The summed E-state index contributed by atoms with van der Waals surface area (Å²) < 4.78 is 10.8. The second-order valence-corrected chi connectivity index (χ2v) is 10.3. The van der Waals surface area contributed by atoms with Crippen molar-refractivity contribution in [1.82, 2.24) is 4.98 Å². The Morgan fingerprint density at radius 2 is 1.68 bits per heavy atom. The molecule has 0 radical (unpaired) electrons. The number of carbonyl (C=O) groups is 3. The van der Waals surface area contributed by atoms with E-state index in [9.17, 15) is 14.4 Å². The summed E-state index contributed by atoms with van der Waals surface area (Å²) in [6.07, 6.45) is 0. The number of ketones is 1. The molecule has 4 rings (SSSR count). The van der Waals surface area contributed by atoms with Crippen LogP contribution in [0, 0.1) is 5.41 Å². The molecule has 4 aromatic rings. The zero-order chi connectivity index (χ0) is 26.9. The summed E-state index contributed by atoms with van der Waals surface area (Å²) in [4.78, 5) is 41.9. The average molecular weight is 539 g/mol. The van der Waals surface area contributed by atoms with E-state index in [-0.39, 0.29) is 22.9 Å². The molecule has 0 saturated heterocycles. The Morgan fingerprint density at radius 3 is 2.30 bits per heavy atom. The number of pyridine rings is 1. The number of hydrogen-bond acceptors (Lipinski definition) is 6. The molecule has 7 nitrogen and oxygen atoms in total. The van der Waals surface area contributed by atoms with E-state index in [0.717, 1.165) is 5.56 Å². The predicted molar refractivity (Wildman–Crippen MR) is 144 cm³/mol. The van der Waals surface area contributed by atoms with Crippen molar-refractivity contribution in [1.29, 1.82) is 0 Å². The molecule has 2 aromatic carbocycles. The van der Waals surface area contributed by atoms with Crippen LogP contribution < -0.4 is 5.32 Å². The lowest BCUT2D eigenvalue weighted by Crippen LogP contribution is -2.24. The second kappa shape index (κ2) is 10.4. The Balaban J connectivity index is 1.99. The number of furan rings is 1. The Kier molecular flexibility index (Phi) is 7.39. The van der Waals surface area contributed by atoms with E-state index in [1.54, 1.807) is 45.0 Å². The molecule has 0 spiro atoms. The van der Waals surface area contributed by atoms with Gasteiger partial charge in [0.05, 0.1) is 11.1 Å². The van der Waals surface area contributed by atoms with Gasteiger partial charge >= 0.3 is 5.97 Å². The summed E-state index contributed by atoms with van der Waals surface area (Å²) in [6, 6.07) is 16.2. The van der Waals surface area contributed by atoms with Gasteiger partial charge in [0.25, 0.3) is 5.91 Å². The lowest BCUT2D eigenvalue weighted by molar-refractivity contribution is -0.144. The van der Waals surface area contributed by atoms with Gasteiger partial charge in [-0.15, -0.1) is 0 Å². The van der Waals surface area contributed by atoms with Crippen LogP contribution in [-0.2, 0) is 14.3 Å². The molecule has 0 bridgehead atoms. The number of nitrogens with zero attached hydrogens (tertiary/aromatic N) is 1. The third-order valence-electron chi connectivity index (χ3n) is 5.53. The van der Waals surface area contributed by atoms with Gasteiger partial charge in [0.15, 0.2) is 12.4 Å². The highest BCUT2D eigenvalue weighted by Crippen LogP contribution is 2.41. The van der Waals surface area contributed by atoms with Crippen LogP contribution in [0.3, 0.4) is 0 Å². The molecule has 37 heavy (non-hydrogen) atoms. The van der Waals surface area contributed by atoms with Crippen molar-refractivity contribution in [3.05, 3.63) is 70.4 Å². The zero-order valence-corrected chi connectivity index (χ0v) is 22.2. The standard InChI is InChI=1S/C28H24Cl2N2O5/c1-15(33)36-14-22(34)31-24-20-13-19(16-9-11-17(29)12-10-16)23(18-7-5-6-8-21(18)30)32-27(20)37-25(24)26(35)28(2,3)4/h5-13H,14H2,1-4H3,(H,31,34). The van der Waals surface area contributed by atoms with Gasteiger partial charge in [-0.25, -0.2) is 4.98 Å². The number of anilines is 1. The first-order valence-electron chi connectivity index (χ1n) is 11.4. The number of benzene rings is 2.